The molecule has 1 nitrogen and oxygen atoms in total. The molecule has 0 aromatic heterocycles. The second kappa shape index (κ2) is 5.78. The molecule has 0 heterocycles. The van der Waals surface area contributed by atoms with Crippen LogP contribution < -0.4 is 5.32 Å². The monoisotopic (exact) mass is 163 g/mol. The van der Waals surface area contributed by atoms with E-state index in [0.717, 1.165) is 19.0 Å². The Labute approximate surface area is 74.9 Å². The van der Waals surface area contributed by atoms with Crippen LogP contribution in [0.1, 0.15) is 12.8 Å². The molecule has 0 aromatic rings. The van der Waals surface area contributed by atoms with Crippen molar-refractivity contribution in [2.75, 3.05) is 13.1 Å². The fourth-order valence-corrected chi connectivity index (χ4v) is 1.34. The first-order chi connectivity index (χ1) is 5.93. The van der Waals surface area contributed by atoms with Crippen LogP contribution in [-0.4, -0.2) is 13.1 Å². The molecular formula is C11H17N. The number of hydrogen-bond acceptors (Lipinski definition) is 1. The van der Waals surface area contributed by atoms with Crippen LogP contribution in [0, 0.1) is 5.92 Å². The largest absolute Gasteiger partial charge is 0.313 e. The zero-order chi connectivity index (χ0) is 8.65. The van der Waals surface area contributed by atoms with E-state index in [1.54, 1.807) is 0 Å². The van der Waals surface area contributed by atoms with Crippen molar-refractivity contribution in [3.63, 3.8) is 0 Å². The van der Waals surface area contributed by atoms with E-state index in [-0.39, 0.29) is 0 Å². The molecule has 0 bridgehead atoms. The molecular weight excluding hydrogens is 146 g/mol. The lowest BCUT2D eigenvalue weighted by Crippen LogP contribution is -2.17. The van der Waals surface area contributed by atoms with Crippen molar-refractivity contribution in [1.82, 2.24) is 5.32 Å². The molecule has 0 saturated carbocycles. The van der Waals surface area contributed by atoms with Gasteiger partial charge in [-0.3, -0.25) is 0 Å². The van der Waals surface area contributed by atoms with Gasteiger partial charge in [0.15, 0.2) is 0 Å². The fourth-order valence-electron chi connectivity index (χ4n) is 1.34. The van der Waals surface area contributed by atoms with Crippen molar-refractivity contribution in [3.05, 3.63) is 37.0 Å². The van der Waals surface area contributed by atoms with Crippen LogP contribution >= 0.6 is 0 Å². The van der Waals surface area contributed by atoms with E-state index in [0.29, 0.717) is 0 Å². The molecule has 1 atom stereocenters. The summed E-state index contributed by atoms with van der Waals surface area (Å²) in [5.74, 6) is 0.743. The van der Waals surface area contributed by atoms with E-state index >= 15 is 0 Å². The molecule has 0 radical (unpaired) electrons. The fraction of sp³-hybridized carbons (Fsp3) is 0.455. The summed E-state index contributed by atoms with van der Waals surface area (Å²) in [6, 6.07) is 0. The minimum atomic E-state index is 0.743. The van der Waals surface area contributed by atoms with E-state index in [4.69, 9.17) is 0 Å². The lowest BCUT2D eigenvalue weighted by molar-refractivity contribution is 0.560. The van der Waals surface area contributed by atoms with Gasteiger partial charge in [-0.05, 0) is 25.3 Å². The molecule has 66 valence electrons. The molecule has 12 heavy (non-hydrogen) atoms. The molecule has 0 amide bonds. The van der Waals surface area contributed by atoms with Gasteiger partial charge in [-0.1, -0.05) is 30.4 Å². The Hall–Kier alpha value is -0.820. The summed E-state index contributed by atoms with van der Waals surface area (Å²) in [5, 5.41) is 3.31. The first-order valence-electron chi connectivity index (χ1n) is 4.58. The number of rotatable bonds is 5. The van der Waals surface area contributed by atoms with Gasteiger partial charge in [0.2, 0.25) is 0 Å². The Morgan fingerprint density at radius 2 is 2.42 bits per heavy atom. The van der Waals surface area contributed by atoms with Crippen LogP contribution in [0.4, 0.5) is 0 Å². The predicted octanol–water partition coefficient (Wildman–Crippen LogP) is 2.28. The van der Waals surface area contributed by atoms with E-state index in [1.165, 1.54) is 12.8 Å². The Morgan fingerprint density at radius 1 is 1.50 bits per heavy atom. The van der Waals surface area contributed by atoms with Gasteiger partial charge < -0.3 is 5.32 Å². The zero-order valence-electron chi connectivity index (χ0n) is 7.50. The van der Waals surface area contributed by atoms with Crippen molar-refractivity contribution < 1.29 is 0 Å². The third-order valence-electron chi connectivity index (χ3n) is 2.05. The topological polar surface area (TPSA) is 12.0 Å². The predicted molar refractivity (Wildman–Crippen MR) is 54.1 cm³/mol. The van der Waals surface area contributed by atoms with Gasteiger partial charge in [0, 0.05) is 6.54 Å². The number of nitrogens with one attached hydrogen (secondary N) is 1. The maximum Gasteiger partial charge on any atom is 0.0132 e. The van der Waals surface area contributed by atoms with E-state index in [9.17, 15) is 0 Å². The minimum Gasteiger partial charge on any atom is -0.313 e. The van der Waals surface area contributed by atoms with Crippen LogP contribution in [0.3, 0.4) is 0 Å². The van der Waals surface area contributed by atoms with Gasteiger partial charge >= 0.3 is 0 Å². The zero-order valence-corrected chi connectivity index (χ0v) is 7.50. The summed E-state index contributed by atoms with van der Waals surface area (Å²) in [7, 11) is 0. The highest BCUT2D eigenvalue weighted by Gasteiger charge is 2.03. The first kappa shape index (κ1) is 9.27. The van der Waals surface area contributed by atoms with Crippen molar-refractivity contribution in [2.45, 2.75) is 12.8 Å². The van der Waals surface area contributed by atoms with Crippen LogP contribution in [0.25, 0.3) is 0 Å². The molecule has 0 aliphatic heterocycles. The smallest absolute Gasteiger partial charge is 0.0132 e. The highest BCUT2D eigenvalue weighted by atomic mass is 14.8. The van der Waals surface area contributed by atoms with E-state index in [1.807, 2.05) is 6.08 Å². The van der Waals surface area contributed by atoms with Crippen LogP contribution in [0.2, 0.25) is 0 Å². The minimum absolute atomic E-state index is 0.743. The summed E-state index contributed by atoms with van der Waals surface area (Å²) >= 11 is 0. The summed E-state index contributed by atoms with van der Waals surface area (Å²) in [5.41, 5.74) is 0. The van der Waals surface area contributed by atoms with E-state index in [2.05, 4.69) is 36.2 Å². The highest BCUT2D eigenvalue weighted by molar-refractivity contribution is 5.10. The second-order valence-electron chi connectivity index (χ2n) is 3.09. The van der Waals surface area contributed by atoms with Gasteiger partial charge in [-0.25, -0.2) is 0 Å². The molecule has 1 aliphatic carbocycles. The summed E-state index contributed by atoms with van der Waals surface area (Å²) in [6.45, 7) is 5.67. The third kappa shape index (κ3) is 3.54. The highest BCUT2D eigenvalue weighted by Crippen LogP contribution is 2.14. The van der Waals surface area contributed by atoms with Gasteiger partial charge in [0.25, 0.3) is 0 Å². The van der Waals surface area contributed by atoms with Crippen LogP contribution in [-0.2, 0) is 0 Å². The van der Waals surface area contributed by atoms with Gasteiger partial charge in [0.05, 0.1) is 0 Å². The first-order valence-corrected chi connectivity index (χ1v) is 4.58. The molecule has 0 aromatic carbocycles. The Kier molecular flexibility index (Phi) is 4.47. The Balaban J connectivity index is 2.03. The van der Waals surface area contributed by atoms with Crippen molar-refractivity contribution in [2.24, 2.45) is 5.92 Å². The standard InChI is InChI=1S/C11H17N/c1-2-9-12-10-8-11-6-4-3-5-7-11/h2-6,11-12H,1,7-10H2/t11-/m1/s1. The summed E-state index contributed by atoms with van der Waals surface area (Å²) < 4.78 is 0. The second-order valence-corrected chi connectivity index (χ2v) is 3.09. The normalized spacial score (nSPS) is 21.2. The summed E-state index contributed by atoms with van der Waals surface area (Å²) in [4.78, 5) is 0. The average Bonchev–Trinajstić information content (AvgIpc) is 2.14. The maximum absolute atomic E-state index is 3.66. The van der Waals surface area contributed by atoms with Crippen molar-refractivity contribution in [1.29, 1.82) is 0 Å². The van der Waals surface area contributed by atoms with Crippen LogP contribution in [0.5, 0.6) is 0 Å². The lowest BCUT2D eigenvalue weighted by Gasteiger charge is -2.12. The SMILES string of the molecule is C=CCNCC[C@@H]1C=CC=CC1. The van der Waals surface area contributed by atoms with Crippen molar-refractivity contribution in [3.8, 4) is 0 Å². The average molecular weight is 163 g/mol. The third-order valence-corrected chi connectivity index (χ3v) is 2.05. The molecule has 0 spiro atoms. The Bertz CT molecular complexity index is 179. The van der Waals surface area contributed by atoms with Crippen molar-refractivity contribution >= 4 is 0 Å². The lowest BCUT2D eigenvalue weighted by atomic mass is 9.97. The van der Waals surface area contributed by atoms with Gasteiger partial charge in [-0.2, -0.15) is 0 Å². The quantitative estimate of drug-likeness (QED) is 0.484. The maximum atomic E-state index is 3.66. The molecule has 0 saturated heterocycles. The molecule has 1 rings (SSSR count). The summed E-state index contributed by atoms with van der Waals surface area (Å²) in [6.07, 6.45) is 13.1. The number of allylic oxidation sites excluding steroid dienone is 4. The van der Waals surface area contributed by atoms with Gasteiger partial charge in [-0.15, -0.1) is 6.58 Å². The van der Waals surface area contributed by atoms with E-state index < -0.39 is 0 Å². The van der Waals surface area contributed by atoms with Gasteiger partial charge in [0.1, 0.15) is 0 Å². The van der Waals surface area contributed by atoms with Crippen LogP contribution in [0.15, 0.2) is 37.0 Å². The molecule has 1 N–H and O–H groups in total. The molecule has 0 fully saturated rings. The molecule has 0 unspecified atom stereocenters. The molecule has 1 heteroatoms. The number of hydrogen-bond donors (Lipinski definition) is 1. The molecule has 1 aliphatic rings. The Morgan fingerprint density at radius 3 is 3.08 bits per heavy atom.